The van der Waals surface area contributed by atoms with E-state index >= 15 is 0 Å². The number of nitrogens with zero attached hydrogens (tertiary/aromatic N) is 4. The lowest BCUT2D eigenvalue weighted by atomic mass is 10.1. The molecule has 0 aliphatic heterocycles. The average molecular weight is 328 g/mol. The molecular weight excluding hydrogens is 311 g/mol. The second-order valence-electron chi connectivity index (χ2n) is 5.38. The van der Waals surface area contributed by atoms with Crippen LogP contribution >= 0.6 is 0 Å². The van der Waals surface area contributed by atoms with E-state index in [-0.39, 0.29) is 17.4 Å². The lowest BCUT2D eigenvalue weighted by Crippen LogP contribution is -2.27. The van der Waals surface area contributed by atoms with Gasteiger partial charge in [0, 0.05) is 31.4 Å². The summed E-state index contributed by atoms with van der Waals surface area (Å²) in [4.78, 5) is 14.0. The van der Waals surface area contributed by atoms with Gasteiger partial charge in [-0.2, -0.15) is 5.10 Å². The van der Waals surface area contributed by atoms with Gasteiger partial charge in [0.15, 0.2) is 11.5 Å². The van der Waals surface area contributed by atoms with Gasteiger partial charge in [-0.1, -0.05) is 5.16 Å². The summed E-state index contributed by atoms with van der Waals surface area (Å²) in [6.45, 7) is 3.15. The molecule has 0 aliphatic rings. The Kier molecular flexibility index (Phi) is 4.41. The van der Waals surface area contributed by atoms with Crippen LogP contribution in [0.2, 0.25) is 0 Å². The Labute approximate surface area is 138 Å². The van der Waals surface area contributed by atoms with Crippen molar-refractivity contribution in [2.24, 2.45) is 0 Å². The van der Waals surface area contributed by atoms with Crippen molar-refractivity contribution in [3.8, 4) is 11.3 Å². The summed E-state index contributed by atoms with van der Waals surface area (Å²) in [6.07, 6.45) is 1.71. The number of carbonyl (C=O) groups is 1. The zero-order valence-corrected chi connectivity index (χ0v) is 13.4. The molecule has 0 spiro atoms. The van der Waals surface area contributed by atoms with Crippen LogP contribution in [0.4, 0.5) is 4.39 Å². The Morgan fingerprint density at radius 1 is 1.29 bits per heavy atom. The van der Waals surface area contributed by atoms with Gasteiger partial charge in [-0.25, -0.2) is 4.39 Å². The van der Waals surface area contributed by atoms with Crippen molar-refractivity contribution < 1.29 is 13.7 Å². The van der Waals surface area contributed by atoms with Gasteiger partial charge in [0.25, 0.3) is 5.91 Å². The number of aromatic nitrogens is 3. The third kappa shape index (κ3) is 3.19. The molecule has 0 radical (unpaired) electrons. The SMILES string of the molecule is CCn1nccc1CN(C)C(=O)c1cc(-c2ccc(F)cc2)on1. The molecule has 6 nitrogen and oxygen atoms in total. The van der Waals surface area contributed by atoms with Crippen molar-refractivity contribution in [3.05, 3.63) is 59.8 Å². The van der Waals surface area contributed by atoms with Crippen molar-refractivity contribution in [1.29, 1.82) is 0 Å². The molecule has 2 aromatic heterocycles. The van der Waals surface area contributed by atoms with Crippen LogP contribution in [0, 0.1) is 5.82 Å². The van der Waals surface area contributed by atoms with Gasteiger partial charge in [-0.15, -0.1) is 0 Å². The molecule has 1 aromatic carbocycles. The lowest BCUT2D eigenvalue weighted by molar-refractivity contribution is 0.0771. The predicted octanol–water partition coefficient (Wildman–Crippen LogP) is 2.97. The topological polar surface area (TPSA) is 64.2 Å². The van der Waals surface area contributed by atoms with E-state index < -0.39 is 0 Å². The lowest BCUT2D eigenvalue weighted by Gasteiger charge is -2.16. The number of carbonyl (C=O) groups excluding carboxylic acids is 1. The molecule has 0 saturated heterocycles. The number of rotatable bonds is 5. The minimum atomic E-state index is -0.332. The highest BCUT2D eigenvalue weighted by molar-refractivity contribution is 5.92. The predicted molar refractivity (Wildman–Crippen MR) is 85.6 cm³/mol. The molecule has 24 heavy (non-hydrogen) atoms. The van der Waals surface area contributed by atoms with Crippen LogP contribution in [-0.2, 0) is 13.1 Å². The van der Waals surface area contributed by atoms with Crippen LogP contribution in [0.3, 0.4) is 0 Å². The number of hydrogen-bond donors (Lipinski definition) is 0. The maximum atomic E-state index is 13.0. The van der Waals surface area contributed by atoms with E-state index in [4.69, 9.17) is 4.52 Å². The Hall–Kier alpha value is -2.96. The van der Waals surface area contributed by atoms with Gasteiger partial charge >= 0.3 is 0 Å². The Morgan fingerprint density at radius 3 is 2.75 bits per heavy atom. The summed E-state index contributed by atoms with van der Waals surface area (Å²) in [5.74, 6) is -0.164. The Morgan fingerprint density at radius 2 is 2.04 bits per heavy atom. The number of halogens is 1. The second-order valence-corrected chi connectivity index (χ2v) is 5.38. The first-order chi connectivity index (χ1) is 11.6. The molecule has 124 valence electrons. The van der Waals surface area contributed by atoms with Gasteiger partial charge < -0.3 is 9.42 Å². The molecule has 0 unspecified atom stereocenters. The molecule has 0 fully saturated rings. The van der Waals surface area contributed by atoms with Gasteiger partial charge in [-0.3, -0.25) is 9.48 Å². The third-order valence-corrected chi connectivity index (χ3v) is 3.71. The number of aryl methyl sites for hydroxylation is 1. The summed E-state index contributed by atoms with van der Waals surface area (Å²) >= 11 is 0. The normalized spacial score (nSPS) is 10.8. The van der Waals surface area contributed by atoms with Gasteiger partial charge in [0.2, 0.25) is 0 Å². The van der Waals surface area contributed by atoms with E-state index in [0.717, 1.165) is 12.2 Å². The van der Waals surface area contributed by atoms with Gasteiger partial charge in [0.1, 0.15) is 5.82 Å². The Bertz CT molecular complexity index is 838. The molecule has 0 bridgehead atoms. The quantitative estimate of drug-likeness (QED) is 0.722. The average Bonchev–Trinajstić information content (AvgIpc) is 3.24. The molecule has 0 atom stereocenters. The highest BCUT2D eigenvalue weighted by Gasteiger charge is 2.19. The Balaban J connectivity index is 1.74. The molecule has 2 heterocycles. The van der Waals surface area contributed by atoms with E-state index in [1.807, 2.05) is 17.7 Å². The highest BCUT2D eigenvalue weighted by atomic mass is 19.1. The highest BCUT2D eigenvalue weighted by Crippen LogP contribution is 2.21. The maximum Gasteiger partial charge on any atom is 0.276 e. The molecule has 3 aromatic rings. The minimum absolute atomic E-state index is 0.208. The summed E-state index contributed by atoms with van der Waals surface area (Å²) in [7, 11) is 1.70. The van der Waals surface area contributed by atoms with E-state index in [2.05, 4.69) is 10.3 Å². The van der Waals surface area contributed by atoms with Crippen LogP contribution in [0.25, 0.3) is 11.3 Å². The summed E-state index contributed by atoms with van der Waals surface area (Å²) in [6, 6.07) is 9.25. The zero-order chi connectivity index (χ0) is 17.1. The van der Waals surface area contributed by atoms with E-state index in [0.29, 0.717) is 17.9 Å². The van der Waals surface area contributed by atoms with Crippen molar-refractivity contribution in [2.75, 3.05) is 7.05 Å². The van der Waals surface area contributed by atoms with Crippen molar-refractivity contribution >= 4 is 5.91 Å². The van der Waals surface area contributed by atoms with Crippen LogP contribution in [-0.4, -0.2) is 32.8 Å². The molecule has 0 N–H and O–H groups in total. The molecule has 3 rings (SSSR count). The van der Waals surface area contributed by atoms with E-state index in [1.54, 1.807) is 36.3 Å². The molecule has 0 aliphatic carbocycles. The first-order valence-electron chi connectivity index (χ1n) is 7.57. The fourth-order valence-corrected chi connectivity index (χ4v) is 2.42. The number of amides is 1. The maximum absolute atomic E-state index is 13.0. The van der Waals surface area contributed by atoms with Crippen molar-refractivity contribution in [1.82, 2.24) is 19.8 Å². The van der Waals surface area contributed by atoms with Gasteiger partial charge in [0.05, 0.1) is 12.2 Å². The summed E-state index contributed by atoms with van der Waals surface area (Å²) in [5, 5.41) is 8.01. The minimum Gasteiger partial charge on any atom is -0.355 e. The van der Waals surface area contributed by atoms with Crippen LogP contribution in [0.15, 0.2) is 47.1 Å². The van der Waals surface area contributed by atoms with Crippen molar-refractivity contribution in [3.63, 3.8) is 0 Å². The van der Waals surface area contributed by atoms with Crippen LogP contribution in [0.1, 0.15) is 23.1 Å². The van der Waals surface area contributed by atoms with E-state index in [1.165, 1.54) is 12.1 Å². The van der Waals surface area contributed by atoms with Crippen LogP contribution in [0.5, 0.6) is 0 Å². The standard InChI is InChI=1S/C17H17FN4O2/c1-3-22-14(8-9-19-22)11-21(2)17(23)15-10-16(24-20-15)12-4-6-13(18)7-5-12/h4-10H,3,11H2,1-2H3. The van der Waals surface area contributed by atoms with E-state index in [9.17, 15) is 9.18 Å². The smallest absolute Gasteiger partial charge is 0.276 e. The first-order valence-corrected chi connectivity index (χ1v) is 7.57. The molecule has 0 saturated carbocycles. The molecule has 7 heteroatoms. The fraction of sp³-hybridized carbons (Fsp3) is 0.235. The monoisotopic (exact) mass is 328 g/mol. The van der Waals surface area contributed by atoms with Crippen molar-refractivity contribution in [2.45, 2.75) is 20.0 Å². The number of hydrogen-bond acceptors (Lipinski definition) is 4. The third-order valence-electron chi connectivity index (χ3n) is 3.71. The molecular formula is C17H17FN4O2. The second kappa shape index (κ2) is 6.66. The zero-order valence-electron chi connectivity index (χ0n) is 13.4. The first kappa shape index (κ1) is 15.9. The number of benzene rings is 1. The largest absolute Gasteiger partial charge is 0.355 e. The summed E-state index contributed by atoms with van der Waals surface area (Å²) in [5.41, 5.74) is 1.81. The fourth-order valence-electron chi connectivity index (χ4n) is 2.42. The molecule has 1 amide bonds. The summed E-state index contributed by atoms with van der Waals surface area (Å²) < 4.78 is 20.0. The van der Waals surface area contributed by atoms with Gasteiger partial charge in [-0.05, 0) is 37.3 Å². The van der Waals surface area contributed by atoms with Crippen LogP contribution < -0.4 is 0 Å².